The SMILES string of the molecule is O=C1CN(C(=O)[C@@H]2C[C@H](c3ccccc3)N3CCC[C@@H]23)CCN1. The highest BCUT2D eigenvalue weighted by Gasteiger charge is 2.48. The van der Waals surface area contributed by atoms with Crippen molar-refractivity contribution in [1.29, 1.82) is 0 Å². The molecular weight excluding hydrogens is 290 g/mol. The number of nitrogens with zero attached hydrogens (tertiary/aromatic N) is 2. The van der Waals surface area contributed by atoms with Crippen molar-refractivity contribution in [2.24, 2.45) is 5.92 Å². The Morgan fingerprint density at radius 2 is 2.00 bits per heavy atom. The number of amides is 2. The van der Waals surface area contributed by atoms with Gasteiger partial charge in [-0.1, -0.05) is 30.3 Å². The molecule has 0 radical (unpaired) electrons. The summed E-state index contributed by atoms with van der Waals surface area (Å²) in [6.07, 6.45) is 3.14. The van der Waals surface area contributed by atoms with E-state index in [0.717, 1.165) is 25.8 Å². The molecule has 5 nitrogen and oxygen atoms in total. The molecule has 3 fully saturated rings. The van der Waals surface area contributed by atoms with Crippen LogP contribution >= 0.6 is 0 Å². The lowest BCUT2D eigenvalue weighted by Gasteiger charge is -2.30. The number of benzene rings is 1. The van der Waals surface area contributed by atoms with Gasteiger partial charge in [-0.05, 0) is 31.4 Å². The lowest BCUT2D eigenvalue weighted by molar-refractivity contribution is -0.141. The minimum Gasteiger partial charge on any atom is -0.353 e. The van der Waals surface area contributed by atoms with Gasteiger partial charge in [0.05, 0.1) is 12.5 Å². The third-order valence-electron chi connectivity index (χ3n) is 5.54. The van der Waals surface area contributed by atoms with Gasteiger partial charge in [0.2, 0.25) is 11.8 Å². The summed E-state index contributed by atoms with van der Waals surface area (Å²) >= 11 is 0. The second-order valence-corrected chi connectivity index (χ2v) is 6.83. The molecule has 3 atom stereocenters. The van der Waals surface area contributed by atoms with Crippen molar-refractivity contribution in [3.8, 4) is 0 Å². The van der Waals surface area contributed by atoms with Crippen LogP contribution in [0.3, 0.4) is 0 Å². The number of carbonyl (C=O) groups is 2. The molecular formula is C18H23N3O2. The Kier molecular flexibility index (Phi) is 3.81. The van der Waals surface area contributed by atoms with Crippen LogP contribution in [0.4, 0.5) is 0 Å². The van der Waals surface area contributed by atoms with Gasteiger partial charge in [-0.25, -0.2) is 0 Å². The molecule has 4 rings (SSSR count). The molecule has 3 saturated heterocycles. The molecule has 3 aliphatic rings. The van der Waals surface area contributed by atoms with Crippen molar-refractivity contribution in [1.82, 2.24) is 15.1 Å². The molecule has 1 aromatic carbocycles. The molecule has 0 spiro atoms. The van der Waals surface area contributed by atoms with E-state index in [2.05, 4.69) is 34.5 Å². The number of hydrogen-bond donors (Lipinski definition) is 1. The summed E-state index contributed by atoms with van der Waals surface area (Å²) in [4.78, 5) is 28.8. The highest BCUT2D eigenvalue weighted by Crippen LogP contribution is 2.45. The van der Waals surface area contributed by atoms with Crippen LogP contribution < -0.4 is 5.32 Å². The van der Waals surface area contributed by atoms with Crippen molar-refractivity contribution in [3.63, 3.8) is 0 Å². The predicted octanol–water partition coefficient (Wildman–Crippen LogP) is 1.17. The average Bonchev–Trinajstić information content (AvgIpc) is 3.17. The molecule has 3 heterocycles. The lowest BCUT2D eigenvalue weighted by Crippen LogP contribution is -2.52. The minimum atomic E-state index is -0.0366. The first-order valence-electron chi connectivity index (χ1n) is 8.60. The molecule has 0 saturated carbocycles. The maximum Gasteiger partial charge on any atom is 0.239 e. The smallest absolute Gasteiger partial charge is 0.239 e. The summed E-state index contributed by atoms with van der Waals surface area (Å²) in [5.74, 6) is 0.175. The predicted molar refractivity (Wildman–Crippen MR) is 86.6 cm³/mol. The summed E-state index contributed by atoms with van der Waals surface area (Å²) < 4.78 is 0. The van der Waals surface area contributed by atoms with Gasteiger partial charge in [-0.15, -0.1) is 0 Å². The van der Waals surface area contributed by atoms with Crippen LogP contribution in [-0.2, 0) is 9.59 Å². The van der Waals surface area contributed by atoms with Crippen LogP contribution in [-0.4, -0.2) is 53.8 Å². The molecule has 2 amide bonds. The molecule has 122 valence electrons. The number of carbonyl (C=O) groups excluding carboxylic acids is 2. The van der Waals surface area contributed by atoms with E-state index in [0.29, 0.717) is 25.2 Å². The second-order valence-electron chi connectivity index (χ2n) is 6.83. The van der Waals surface area contributed by atoms with Gasteiger partial charge in [0.1, 0.15) is 0 Å². The molecule has 0 unspecified atom stereocenters. The molecule has 5 heteroatoms. The van der Waals surface area contributed by atoms with Gasteiger partial charge in [-0.2, -0.15) is 0 Å². The van der Waals surface area contributed by atoms with Crippen LogP contribution in [0.5, 0.6) is 0 Å². The lowest BCUT2D eigenvalue weighted by atomic mass is 9.93. The van der Waals surface area contributed by atoms with E-state index in [1.54, 1.807) is 4.90 Å². The zero-order chi connectivity index (χ0) is 15.8. The van der Waals surface area contributed by atoms with Crippen molar-refractivity contribution in [2.45, 2.75) is 31.3 Å². The first-order chi connectivity index (χ1) is 11.2. The minimum absolute atomic E-state index is 0.0357. The zero-order valence-corrected chi connectivity index (χ0v) is 13.3. The molecule has 1 N–H and O–H groups in total. The maximum atomic E-state index is 13.0. The summed E-state index contributed by atoms with van der Waals surface area (Å²) in [5.41, 5.74) is 1.31. The Morgan fingerprint density at radius 3 is 2.78 bits per heavy atom. The van der Waals surface area contributed by atoms with Crippen LogP contribution in [0.1, 0.15) is 30.9 Å². The number of nitrogens with one attached hydrogen (secondary N) is 1. The van der Waals surface area contributed by atoms with Crippen molar-refractivity contribution in [2.75, 3.05) is 26.2 Å². The Bertz CT molecular complexity index is 604. The van der Waals surface area contributed by atoms with Gasteiger partial charge in [-0.3, -0.25) is 14.5 Å². The van der Waals surface area contributed by atoms with E-state index < -0.39 is 0 Å². The molecule has 0 aliphatic carbocycles. The quantitative estimate of drug-likeness (QED) is 0.892. The average molecular weight is 313 g/mol. The van der Waals surface area contributed by atoms with Crippen LogP contribution in [0, 0.1) is 5.92 Å². The zero-order valence-electron chi connectivity index (χ0n) is 13.3. The maximum absolute atomic E-state index is 13.0. The number of piperazine rings is 1. The van der Waals surface area contributed by atoms with E-state index in [9.17, 15) is 9.59 Å². The Morgan fingerprint density at radius 1 is 1.17 bits per heavy atom. The Labute approximate surface area is 136 Å². The summed E-state index contributed by atoms with van der Waals surface area (Å²) in [5, 5.41) is 2.80. The van der Waals surface area contributed by atoms with Gasteiger partial charge < -0.3 is 10.2 Å². The van der Waals surface area contributed by atoms with Gasteiger partial charge in [0, 0.05) is 25.2 Å². The topological polar surface area (TPSA) is 52.7 Å². The van der Waals surface area contributed by atoms with Gasteiger partial charge in [0.25, 0.3) is 0 Å². The fourth-order valence-corrected chi connectivity index (χ4v) is 4.50. The Balaban J connectivity index is 1.55. The highest BCUT2D eigenvalue weighted by molar-refractivity contribution is 5.87. The third-order valence-corrected chi connectivity index (χ3v) is 5.54. The van der Waals surface area contributed by atoms with Crippen molar-refractivity contribution < 1.29 is 9.59 Å². The van der Waals surface area contributed by atoms with Crippen molar-refractivity contribution >= 4 is 11.8 Å². The van der Waals surface area contributed by atoms with Gasteiger partial charge in [0.15, 0.2) is 0 Å². The van der Waals surface area contributed by atoms with Crippen molar-refractivity contribution in [3.05, 3.63) is 35.9 Å². The third kappa shape index (κ3) is 2.63. The largest absolute Gasteiger partial charge is 0.353 e. The molecule has 1 aromatic rings. The summed E-state index contributed by atoms with van der Waals surface area (Å²) in [7, 11) is 0. The first-order valence-corrected chi connectivity index (χ1v) is 8.60. The number of rotatable bonds is 2. The second kappa shape index (κ2) is 5.96. The van der Waals surface area contributed by atoms with E-state index in [1.807, 2.05) is 6.07 Å². The monoisotopic (exact) mass is 313 g/mol. The first kappa shape index (κ1) is 14.7. The van der Waals surface area contributed by atoms with E-state index in [-0.39, 0.29) is 24.3 Å². The summed E-state index contributed by atoms with van der Waals surface area (Å²) in [6.45, 7) is 2.52. The summed E-state index contributed by atoms with van der Waals surface area (Å²) in [6, 6.07) is 11.2. The van der Waals surface area contributed by atoms with E-state index in [4.69, 9.17) is 0 Å². The highest BCUT2D eigenvalue weighted by atomic mass is 16.2. The fraction of sp³-hybridized carbons (Fsp3) is 0.556. The van der Waals surface area contributed by atoms with Crippen LogP contribution in [0.15, 0.2) is 30.3 Å². The van der Waals surface area contributed by atoms with Crippen LogP contribution in [0.2, 0.25) is 0 Å². The molecule has 23 heavy (non-hydrogen) atoms. The standard InChI is InChI=1S/C18H23N3O2/c22-17-12-20(10-8-19-17)18(23)14-11-16(13-5-2-1-3-6-13)21-9-4-7-15(14)21/h1-3,5-6,14-16H,4,7-12H2,(H,19,22)/t14-,15+,16-/m1/s1. The Hall–Kier alpha value is -1.88. The van der Waals surface area contributed by atoms with Gasteiger partial charge >= 0.3 is 0 Å². The number of hydrogen-bond acceptors (Lipinski definition) is 3. The molecule has 0 bridgehead atoms. The van der Waals surface area contributed by atoms with E-state index >= 15 is 0 Å². The molecule has 3 aliphatic heterocycles. The van der Waals surface area contributed by atoms with E-state index in [1.165, 1.54) is 5.56 Å². The molecule has 0 aromatic heterocycles. The normalized spacial score (nSPS) is 31.0. The van der Waals surface area contributed by atoms with Crippen LogP contribution in [0.25, 0.3) is 0 Å². The fourth-order valence-electron chi connectivity index (χ4n) is 4.50. The number of fused-ring (bicyclic) bond motifs is 1.